The van der Waals surface area contributed by atoms with Gasteiger partial charge in [0.25, 0.3) is 0 Å². The molecule has 0 atom stereocenters. The van der Waals surface area contributed by atoms with Gasteiger partial charge in [-0.05, 0) is 13.8 Å². The average molecular weight is 117 g/mol. The predicted molar refractivity (Wildman–Crippen MR) is 32.4 cm³/mol. The van der Waals surface area contributed by atoms with E-state index in [-0.39, 0.29) is 5.60 Å². The zero-order valence-electron chi connectivity index (χ0n) is 5.89. The third kappa shape index (κ3) is 2.99. The Balaban J connectivity index is 3.37. The van der Waals surface area contributed by atoms with E-state index in [1.807, 2.05) is 13.8 Å². The van der Waals surface area contributed by atoms with Gasteiger partial charge in [0.05, 0.1) is 5.60 Å². The van der Waals surface area contributed by atoms with Gasteiger partial charge in [-0.3, -0.25) is 0 Å². The summed E-state index contributed by atoms with van der Waals surface area (Å²) in [5, 5.41) is 0. The molecule has 0 aliphatic rings. The zero-order valence-corrected chi connectivity index (χ0v) is 5.89. The van der Waals surface area contributed by atoms with Gasteiger partial charge in [-0.25, -0.2) is 0 Å². The summed E-state index contributed by atoms with van der Waals surface area (Å²) in [5.41, 5.74) is -0.255. The van der Waals surface area contributed by atoms with Crippen LogP contribution in [0, 0.1) is 6.61 Å². The van der Waals surface area contributed by atoms with E-state index < -0.39 is 0 Å². The van der Waals surface area contributed by atoms with Gasteiger partial charge in [0, 0.05) is 14.2 Å². The van der Waals surface area contributed by atoms with Gasteiger partial charge >= 0.3 is 0 Å². The molecule has 0 saturated carbocycles. The molecule has 0 aromatic heterocycles. The first kappa shape index (κ1) is 7.92. The molecule has 0 rings (SSSR count). The maximum absolute atomic E-state index is 5.00. The molecule has 49 valence electrons. The van der Waals surface area contributed by atoms with E-state index in [1.54, 1.807) is 20.8 Å². The molecule has 0 aromatic rings. The standard InChI is InChI=1S/C6H13O2/c1-6(2,8-4)5-7-3/h5H,1-4H3. The molecule has 0 aliphatic heterocycles. The Labute approximate surface area is 50.8 Å². The van der Waals surface area contributed by atoms with E-state index in [0.29, 0.717) is 0 Å². The number of rotatable bonds is 3. The SMILES string of the molecule is CO[CH]C(C)(C)OC. The summed E-state index contributed by atoms with van der Waals surface area (Å²) in [6.45, 7) is 5.50. The summed E-state index contributed by atoms with van der Waals surface area (Å²) < 4.78 is 9.75. The highest BCUT2D eigenvalue weighted by Gasteiger charge is 2.15. The van der Waals surface area contributed by atoms with E-state index in [9.17, 15) is 0 Å². The van der Waals surface area contributed by atoms with E-state index >= 15 is 0 Å². The molecular formula is C6H13O2. The van der Waals surface area contributed by atoms with Crippen LogP contribution < -0.4 is 0 Å². The Morgan fingerprint density at radius 1 is 1.25 bits per heavy atom. The van der Waals surface area contributed by atoms with Crippen LogP contribution in [0.15, 0.2) is 0 Å². The molecule has 0 N–H and O–H groups in total. The van der Waals surface area contributed by atoms with Crippen LogP contribution >= 0.6 is 0 Å². The van der Waals surface area contributed by atoms with Crippen LogP contribution in [0.4, 0.5) is 0 Å². The van der Waals surface area contributed by atoms with Gasteiger partial charge in [0.1, 0.15) is 6.61 Å². The Morgan fingerprint density at radius 3 is 1.88 bits per heavy atom. The largest absolute Gasteiger partial charge is 0.376 e. The second-order valence-corrected chi connectivity index (χ2v) is 2.16. The molecule has 1 radical (unpaired) electrons. The highest BCUT2D eigenvalue weighted by atomic mass is 16.5. The van der Waals surface area contributed by atoms with Gasteiger partial charge in [-0.15, -0.1) is 0 Å². The third-order valence-electron chi connectivity index (χ3n) is 0.928. The molecule has 8 heavy (non-hydrogen) atoms. The lowest BCUT2D eigenvalue weighted by atomic mass is 10.2. The summed E-state index contributed by atoms with van der Waals surface area (Å²) in [7, 11) is 3.26. The van der Waals surface area contributed by atoms with E-state index in [1.165, 1.54) is 0 Å². The molecule has 0 saturated heterocycles. The van der Waals surface area contributed by atoms with Crippen LogP contribution in [0.5, 0.6) is 0 Å². The summed E-state index contributed by atoms with van der Waals surface area (Å²) in [5.74, 6) is 0. The lowest BCUT2D eigenvalue weighted by molar-refractivity contribution is 0.00278. The lowest BCUT2D eigenvalue weighted by Gasteiger charge is -2.19. The second-order valence-electron chi connectivity index (χ2n) is 2.16. The van der Waals surface area contributed by atoms with Crippen molar-refractivity contribution in [2.75, 3.05) is 14.2 Å². The number of hydrogen-bond acceptors (Lipinski definition) is 2. The summed E-state index contributed by atoms with van der Waals surface area (Å²) in [4.78, 5) is 0. The fourth-order valence-electron chi connectivity index (χ4n) is 0.332. The molecule has 0 spiro atoms. The molecule has 0 unspecified atom stereocenters. The first-order valence-corrected chi connectivity index (χ1v) is 2.54. The van der Waals surface area contributed by atoms with Crippen molar-refractivity contribution in [2.45, 2.75) is 19.4 Å². The minimum Gasteiger partial charge on any atom is -0.376 e. The normalized spacial score (nSPS) is 12.0. The van der Waals surface area contributed by atoms with Crippen molar-refractivity contribution in [1.29, 1.82) is 0 Å². The van der Waals surface area contributed by atoms with Gasteiger partial charge in [0.2, 0.25) is 0 Å². The van der Waals surface area contributed by atoms with Crippen molar-refractivity contribution >= 4 is 0 Å². The molecule has 0 amide bonds. The predicted octanol–water partition coefficient (Wildman–Crippen LogP) is 1.22. The number of hydrogen-bond donors (Lipinski definition) is 0. The minimum atomic E-state index is -0.255. The summed E-state index contributed by atoms with van der Waals surface area (Å²) in [6.07, 6.45) is 0. The maximum atomic E-state index is 5.00. The fourth-order valence-corrected chi connectivity index (χ4v) is 0.332. The Hall–Kier alpha value is -0.0800. The molecule has 0 aromatic carbocycles. The van der Waals surface area contributed by atoms with Crippen molar-refractivity contribution < 1.29 is 9.47 Å². The van der Waals surface area contributed by atoms with Gasteiger partial charge < -0.3 is 9.47 Å². The van der Waals surface area contributed by atoms with Crippen molar-refractivity contribution in [1.82, 2.24) is 0 Å². The van der Waals surface area contributed by atoms with Crippen molar-refractivity contribution in [2.24, 2.45) is 0 Å². The lowest BCUT2D eigenvalue weighted by Crippen LogP contribution is -2.23. The highest BCUT2D eigenvalue weighted by Crippen LogP contribution is 2.10. The average Bonchev–Trinajstić information content (AvgIpc) is 1.67. The van der Waals surface area contributed by atoms with Crippen LogP contribution in [0.2, 0.25) is 0 Å². The van der Waals surface area contributed by atoms with Crippen LogP contribution in [0.1, 0.15) is 13.8 Å². The molecule has 0 fully saturated rings. The molecule has 0 bridgehead atoms. The monoisotopic (exact) mass is 117 g/mol. The van der Waals surface area contributed by atoms with Gasteiger partial charge in [0.15, 0.2) is 0 Å². The zero-order chi connectivity index (χ0) is 6.62. The Bertz CT molecular complexity index is 59.5. The molecule has 2 nitrogen and oxygen atoms in total. The first-order valence-electron chi connectivity index (χ1n) is 2.54. The quantitative estimate of drug-likeness (QED) is 0.553. The second kappa shape index (κ2) is 3.05. The van der Waals surface area contributed by atoms with Gasteiger partial charge in [-0.2, -0.15) is 0 Å². The summed E-state index contributed by atoms with van der Waals surface area (Å²) >= 11 is 0. The molecule has 0 aliphatic carbocycles. The van der Waals surface area contributed by atoms with E-state index in [2.05, 4.69) is 0 Å². The summed E-state index contributed by atoms with van der Waals surface area (Å²) in [6, 6.07) is 0. The molecular weight excluding hydrogens is 104 g/mol. The Morgan fingerprint density at radius 2 is 1.75 bits per heavy atom. The maximum Gasteiger partial charge on any atom is 0.114 e. The molecule has 2 heteroatoms. The van der Waals surface area contributed by atoms with Crippen LogP contribution in [-0.4, -0.2) is 19.8 Å². The Kier molecular flexibility index (Phi) is 3.02. The topological polar surface area (TPSA) is 18.5 Å². The fraction of sp³-hybridized carbons (Fsp3) is 0.833. The van der Waals surface area contributed by atoms with Crippen LogP contribution in [-0.2, 0) is 9.47 Å². The van der Waals surface area contributed by atoms with Crippen LogP contribution in [0.25, 0.3) is 0 Å². The first-order chi connectivity index (χ1) is 3.62. The highest BCUT2D eigenvalue weighted by molar-refractivity contribution is 4.76. The van der Waals surface area contributed by atoms with Crippen molar-refractivity contribution in [3.8, 4) is 0 Å². The smallest absolute Gasteiger partial charge is 0.114 e. The number of methoxy groups -OCH3 is 2. The van der Waals surface area contributed by atoms with Gasteiger partial charge in [-0.1, -0.05) is 0 Å². The van der Waals surface area contributed by atoms with E-state index in [4.69, 9.17) is 9.47 Å². The third-order valence-corrected chi connectivity index (χ3v) is 0.928. The van der Waals surface area contributed by atoms with Crippen molar-refractivity contribution in [3.05, 3.63) is 6.61 Å². The van der Waals surface area contributed by atoms with Crippen molar-refractivity contribution in [3.63, 3.8) is 0 Å². The number of ether oxygens (including phenoxy) is 2. The molecule has 0 heterocycles. The minimum absolute atomic E-state index is 0.255. The van der Waals surface area contributed by atoms with E-state index in [0.717, 1.165) is 0 Å². The van der Waals surface area contributed by atoms with Crippen LogP contribution in [0.3, 0.4) is 0 Å².